The van der Waals surface area contributed by atoms with E-state index in [-0.39, 0.29) is 36.3 Å². The molecule has 8 nitrogen and oxygen atoms in total. The second kappa shape index (κ2) is 11.0. The summed E-state index contributed by atoms with van der Waals surface area (Å²) in [5, 5.41) is 13.3. The van der Waals surface area contributed by atoms with Gasteiger partial charge in [-0.2, -0.15) is 8.78 Å². The first kappa shape index (κ1) is 22.9. The number of H-pyrrole nitrogens is 1. The van der Waals surface area contributed by atoms with Gasteiger partial charge in [-0.3, -0.25) is 10.1 Å². The number of benzene rings is 1. The standard InChI is InChI=1S/C17H17ClF2N6O2.HI/c1-21-17(22-8-10-7-11(18)4-5-12(10)28-16(19)20)23-9-14-24-15(26-25-14)13-3-2-6-27-13;/h2-7,16H,8-9H2,1H3,(H2,21,22,23)(H,24,25,26);1H. The summed E-state index contributed by atoms with van der Waals surface area (Å²) in [5.74, 6) is 2.04. The zero-order valence-corrected chi connectivity index (χ0v) is 18.2. The molecular weight excluding hydrogens is 521 g/mol. The Morgan fingerprint density at radius 1 is 1.31 bits per heavy atom. The maximum atomic E-state index is 12.5. The van der Waals surface area contributed by atoms with Gasteiger partial charge in [-0.1, -0.05) is 11.6 Å². The van der Waals surface area contributed by atoms with Crippen LogP contribution in [0.4, 0.5) is 8.78 Å². The fourth-order valence-corrected chi connectivity index (χ4v) is 2.55. The van der Waals surface area contributed by atoms with Gasteiger partial charge in [0.25, 0.3) is 0 Å². The molecule has 0 atom stereocenters. The highest BCUT2D eigenvalue weighted by atomic mass is 127. The van der Waals surface area contributed by atoms with Crippen LogP contribution in [0.15, 0.2) is 46.0 Å². The van der Waals surface area contributed by atoms with Gasteiger partial charge >= 0.3 is 6.61 Å². The van der Waals surface area contributed by atoms with Crippen molar-refractivity contribution in [2.75, 3.05) is 7.05 Å². The highest BCUT2D eigenvalue weighted by Gasteiger charge is 2.12. The van der Waals surface area contributed by atoms with E-state index in [1.807, 2.05) is 0 Å². The van der Waals surface area contributed by atoms with Crippen LogP contribution in [0.2, 0.25) is 5.02 Å². The molecule has 0 bridgehead atoms. The van der Waals surface area contributed by atoms with Crippen LogP contribution in [-0.2, 0) is 13.1 Å². The number of aromatic nitrogens is 3. The van der Waals surface area contributed by atoms with Crippen molar-refractivity contribution in [3.05, 3.63) is 53.0 Å². The first-order chi connectivity index (χ1) is 13.5. The van der Waals surface area contributed by atoms with Gasteiger partial charge < -0.3 is 19.8 Å². The summed E-state index contributed by atoms with van der Waals surface area (Å²) in [6.45, 7) is -2.44. The first-order valence-corrected chi connectivity index (χ1v) is 8.56. The average Bonchev–Trinajstić information content (AvgIpc) is 3.35. The van der Waals surface area contributed by atoms with Gasteiger partial charge in [0.1, 0.15) is 11.6 Å². The number of furan rings is 1. The predicted molar refractivity (Wildman–Crippen MR) is 115 cm³/mol. The van der Waals surface area contributed by atoms with E-state index in [0.717, 1.165) is 0 Å². The van der Waals surface area contributed by atoms with Gasteiger partial charge in [0.05, 0.1) is 12.8 Å². The summed E-state index contributed by atoms with van der Waals surface area (Å²) >= 11 is 5.94. The van der Waals surface area contributed by atoms with Crippen LogP contribution in [0, 0.1) is 0 Å². The molecule has 1 aromatic carbocycles. The Hall–Kier alpha value is -2.41. The molecule has 12 heteroatoms. The molecule has 0 unspecified atom stereocenters. The summed E-state index contributed by atoms with van der Waals surface area (Å²) < 4.78 is 34.8. The van der Waals surface area contributed by atoms with Crippen molar-refractivity contribution in [2.24, 2.45) is 4.99 Å². The highest BCUT2D eigenvalue weighted by Crippen LogP contribution is 2.24. The summed E-state index contributed by atoms with van der Waals surface area (Å²) in [4.78, 5) is 8.39. The molecule has 0 spiro atoms. The molecule has 0 aliphatic rings. The summed E-state index contributed by atoms with van der Waals surface area (Å²) in [6, 6.07) is 7.93. The van der Waals surface area contributed by atoms with Crippen LogP contribution in [-0.4, -0.2) is 34.8 Å². The number of hydrogen-bond donors (Lipinski definition) is 3. The van der Waals surface area contributed by atoms with Crippen LogP contribution < -0.4 is 15.4 Å². The fraction of sp³-hybridized carbons (Fsp3) is 0.235. The summed E-state index contributed by atoms with van der Waals surface area (Å²) in [7, 11) is 1.58. The maximum absolute atomic E-state index is 12.5. The van der Waals surface area contributed by atoms with Gasteiger partial charge in [0, 0.05) is 24.2 Å². The molecular formula is C17H18ClF2IN6O2. The fourth-order valence-electron chi connectivity index (χ4n) is 2.35. The van der Waals surface area contributed by atoms with E-state index in [1.165, 1.54) is 18.4 Å². The zero-order valence-electron chi connectivity index (χ0n) is 15.2. The smallest absolute Gasteiger partial charge is 0.387 e. The molecule has 3 N–H and O–H groups in total. The van der Waals surface area contributed by atoms with Crippen LogP contribution in [0.5, 0.6) is 5.75 Å². The van der Waals surface area contributed by atoms with Crippen molar-refractivity contribution >= 4 is 41.5 Å². The average molecular weight is 539 g/mol. The molecule has 0 aliphatic heterocycles. The number of ether oxygens (including phenoxy) is 1. The number of guanidine groups is 1. The highest BCUT2D eigenvalue weighted by molar-refractivity contribution is 14.0. The Bertz CT molecular complexity index is 936. The molecule has 3 rings (SSSR count). The minimum absolute atomic E-state index is 0. The molecule has 3 aromatic rings. The third-order valence-electron chi connectivity index (χ3n) is 3.61. The van der Waals surface area contributed by atoms with E-state index < -0.39 is 6.61 Å². The summed E-state index contributed by atoms with van der Waals surface area (Å²) in [6.07, 6.45) is 1.54. The van der Waals surface area contributed by atoms with E-state index >= 15 is 0 Å². The number of hydrogen-bond acceptors (Lipinski definition) is 5. The number of nitrogens with zero attached hydrogens (tertiary/aromatic N) is 3. The van der Waals surface area contributed by atoms with Gasteiger partial charge in [-0.15, -0.1) is 29.1 Å². The van der Waals surface area contributed by atoms with Gasteiger partial charge in [0.2, 0.25) is 5.82 Å². The van der Waals surface area contributed by atoms with E-state index in [0.29, 0.717) is 40.5 Å². The maximum Gasteiger partial charge on any atom is 0.387 e. The zero-order chi connectivity index (χ0) is 19.9. The van der Waals surface area contributed by atoms with Crippen molar-refractivity contribution in [1.29, 1.82) is 0 Å². The normalized spacial score (nSPS) is 11.3. The lowest BCUT2D eigenvalue weighted by Crippen LogP contribution is -2.36. The molecule has 2 aromatic heterocycles. The van der Waals surface area contributed by atoms with Gasteiger partial charge in [0.15, 0.2) is 11.7 Å². The largest absolute Gasteiger partial charge is 0.461 e. The van der Waals surface area contributed by atoms with Crippen LogP contribution >= 0.6 is 35.6 Å². The predicted octanol–water partition coefficient (Wildman–Crippen LogP) is 3.80. The monoisotopic (exact) mass is 538 g/mol. The molecule has 0 saturated carbocycles. The van der Waals surface area contributed by atoms with Gasteiger partial charge in [-0.25, -0.2) is 4.98 Å². The Kier molecular flexibility index (Phi) is 8.64. The van der Waals surface area contributed by atoms with Crippen LogP contribution in [0.25, 0.3) is 11.6 Å². The van der Waals surface area contributed by atoms with Crippen LogP contribution in [0.1, 0.15) is 11.4 Å². The number of aromatic amines is 1. The minimum atomic E-state index is -2.92. The molecule has 156 valence electrons. The lowest BCUT2D eigenvalue weighted by atomic mass is 10.2. The Morgan fingerprint density at radius 3 is 2.79 bits per heavy atom. The Labute approximate surface area is 187 Å². The second-order valence-electron chi connectivity index (χ2n) is 5.49. The first-order valence-electron chi connectivity index (χ1n) is 8.18. The molecule has 29 heavy (non-hydrogen) atoms. The minimum Gasteiger partial charge on any atom is -0.461 e. The number of nitrogens with one attached hydrogen (secondary N) is 3. The SMILES string of the molecule is CN=C(NCc1nc(-c2ccco2)n[nH]1)NCc1cc(Cl)ccc1OC(F)F.I. The molecule has 0 radical (unpaired) electrons. The van der Waals surface area contributed by atoms with E-state index in [2.05, 4.69) is 35.5 Å². The lowest BCUT2D eigenvalue weighted by Gasteiger charge is -2.14. The van der Waals surface area contributed by atoms with Crippen LogP contribution in [0.3, 0.4) is 0 Å². The van der Waals surface area contributed by atoms with E-state index in [1.54, 1.807) is 25.2 Å². The number of halogens is 4. The Balaban J connectivity index is 0.00000300. The van der Waals surface area contributed by atoms with Crippen molar-refractivity contribution < 1.29 is 17.9 Å². The molecule has 0 saturated heterocycles. The lowest BCUT2D eigenvalue weighted by molar-refractivity contribution is -0.0504. The second-order valence-corrected chi connectivity index (χ2v) is 5.93. The Morgan fingerprint density at radius 2 is 2.10 bits per heavy atom. The number of alkyl halides is 2. The molecule has 0 amide bonds. The van der Waals surface area contributed by atoms with Crippen molar-refractivity contribution in [2.45, 2.75) is 19.7 Å². The van der Waals surface area contributed by atoms with Crippen molar-refractivity contribution in [1.82, 2.24) is 25.8 Å². The molecule has 0 fully saturated rings. The number of rotatable bonds is 7. The quantitative estimate of drug-likeness (QED) is 0.240. The van der Waals surface area contributed by atoms with Gasteiger partial charge in [-0.05, 0) is 30.3 Å². The van der Waals surface area contributed by atoms with Crippen molar-refractivity contribution in [3.8, 4) is 17.3 Å². The molecule has 0 aliphatic carbocycles. The van der Waals surface area contributed by atoms with E-state index in [4.69, 9.17) is 16.0 Å². The summed E-state index contributed by atoms with van der Waals surface area (Å²) in [5.41, 5.74) is 0.468. The third-order valence-corrected chi connectivity index (χ3v) is 3.84. The topological polar surface area (TPSA) is 100 Å². The number of aliphatic imine (C=N–C) groups is 1. The van der Waals surface area contributed by atoms with Crippen molar-refractivity contribution in [3.63, 3.8) is 0 Å². The third kappa shape index (κ3) is 6.56. The van der Waals surface area contributed by atoms with E-state index in [9.17, 15) is 8.78 Å². The molecule has 2 heterocycles.